The highest BCUT2D eigenvalue weighted by atomic mass is 14.8. The Morgan fingerprint density at radius 3 is 1.30 bits per heavy atom. The largest absolute Gasteiger partial charge is 0.385 e. The molecule has 0 amide bonds. The molecule has 20 heavy (non-hydrogen) atoms. The molecule has 0 aliphatic heterocycles. The fraction of sp³-hybridized carbons (Fsp3) is 0.222. The van der Waals surface area contributed by atoms with Gasteiger partial charge in [-0.25, -0.2) is 0 Å². The fourth-order valence-electron chi connectivity index (χ4n) is 2.02. The van der Waals surface area contributed by atoms with Crippen molar-refractivity contribution in [3.63, 3.8) is 0 Å². The molecule has 2 aromatic rings. The molecule has 0 aliphatic carbocycles. The van der Waals surface area contributed by atoms with Crippen molar-refractivity contribution in [2.24, 2.45) is 0 Å². The third-order valence-corrected chi connectivity index (χ3v) is 3.05. The Labute approximate surface area is 121 Å². The molecule has 0 aromatic heterocycles. The van der Waals surface area contributed by atoms with Crippen molar-refractivity contribution < 1.29 is 0 Å². The smallest absolute Gasteiger partial charge is 0.0340 e. The summed E-state index contributed by atoms with van der Waals surface area (Å²) in [5.41, 5.74) is 4.75. The quantitative estimate of drug-likeness (QED) is 0.739. The van der Waals surface area contributed by atoms with Crippen molar-refractivity contribution in [1.29, 1.82) is 0 Å². The first-order valence-corrected chi connectivity index (χ1v) is 7.17. The first-order chi connectivity index (χ1) is 9.81. The number of hydrogen-bond acceptors (Lipinski definition) is 2. The molecule has 0 aliphatic rings. The predicted octanol–water partition coefficient (Wildman–Crippen LogP) is 4.72. The molecule has 0 bridgehead atoms. The van der Waals surface area contributed by atoms with E-state index in [0.717, 1.165) is 13.1 Å². The van der Waals surface area contributed by atoms with Gasteiger partial charge in [0.2, 0.25) is 0 Å². The first kappa shape index (κ1) is 14.2. The van der Waals surface area contributed by atoms with Crippen molar-refractivity contribution in [2.75, 3.05) is 23.7 Å². The molecule has 2 rings (SSSR count). The van der Waals surface area contributed by atoms with E-state index in [2.05, 4.69) is 85.2 Å². The summed E-state index contributed by atoms with van der Waals surface area (Å²) in [7, 11) is 0. The summed E-state index contributed by atoms with van der Waals surface area (Å²) in [6, 6.07) is 16.9. The van der Waals surface area contributed by atoms with Crippen LogP contribution in [0.3, 0.4) is 0 Å². The van der Waals surface area contributed by atoms with Crippen molar-refractivity contribution in [1.82, 2.24) is 0 Å². The van der Waals surface area contributed by atoms with Crippen LogP contribution in [0.5, 0.6) is 0 Å². The van der Waals surface area contributed by atoms with Crippen LogP contribution in [0.1, 0.15) is 25.0 Å². The molecular weight excluding hydrogens is 244 g/mol. The van der Waals surface area contributed by atoms with Gasteiger partial charge in [0.1, 0.15) is 0 Å². The molecule has 0 heterocycles. The Balaban J connectivity index is 2.01. The highest BCUT2D eigenvalue weighted by molar-refractivity contribution is 5.71. The Kier molecular flexibility index (Phi) is 5.24. The maximum absolute atomic E-state index is 3.30. The van der Waals surface area contributed by atoms with E-state index in [1.54, 1.807) is 0 Å². The fourth-order valence-corrected chi connectivity index (χ4v) is 2.02. The van der Waals surface area contributed by atoms with Gasteiger partial charge < -0.3 is 10.6 Å². The van der Waals surface area contributed by atoms with Gasteiger partial charge in [0.25, 0.3) is 0 Å². The van der Waals surface area contributed by atoms with Gasteiger partial charge >= 0.3 is 0 Å². The summed E-state index contributed by atoms with van der Waals surface area (Å²) in [6.07, 6.45) is 4.27. The molecule has 2 aromatic carbocycles. The zero-order valence-electron chi connectivity index (χ0n) is 12.2. The second-order valence-corrected chi connectivity index (χ2v) is 4.64. The number of rotatable bonds is 6. The SMILES string of the molecule is CCNc1ccc(/C=C/c2ccc(NCC)cc2)cc1. The van der Waals surface area contributed by atoms with Crippen LogP contribution >= 0.6 is 0 Å². The molecular formula is C18H22N2. The van der Waals surface area contributed by atoms with Gasteiger partial charge in [-0.1, -0.05) is 36.4 Å². The molecule has 0 spiro atoms. The summed E-state index contributed by atoms with van der Waals surface area (Å²) in [5.74, 6) is 0. The van der Waals surface area contributed by atoms with Gasteiger partial charge in [-0.15, -0.1) is 0 Å². The lowest BCUT2D eigenvalue weighted by molar-refractivity contribution is 1.21. The molecule has 0 radical (unpaired) electrons. The monoisotopic (exact) mass is 266 g/mol. The van der Waals surface area contributed by atoms with Crippen molar-refractivity contribution >= 4 is 23.5 Å². The molecule has 0 saturated carbocycles. The molecule has 104 valence electrons. The maximum Gasteiger partial charge on any atom is 0.0340 e. The van der Waals surface area contributed by atoms with E-state index in [1.165, 1.54) is 22.5 Å². The molecule has 0 atom stereocenters. The molecule has 0 unspecified atom stereocenters. The van der Waals surface area contributed by atoms with Gasteiger partial charge in [-0.2, -0.15) is 0 Å². The van der Waals surface area contributed by atoms with Crippen LogP contribution in [0.2, 0.25) is 0 Å². The lowest BCUT2D eigenvalue weighted by Crippen LogP contribution is -1.95. The highest BCUT2D eigenvalue weighted by Crippen LogP contribution is 2.14. The van der Waals surface area contributed by atoms with E-state index < -0.39 is 0 Å². The van der Waals surface area contributed by atoms with Crippen LogP contribution < -0.4 is 10.6 Å². The average Bonchev–Trinajstić information content (AvgIpc) is 2.49. The number of anilines is 2. The minimum atomic E-state index is 0.952. The third kappa shape index (κ3) is 4.16. The van der Waals surface area contributed by atoms with Crippen LogP contribution in [0, 0.1) is 0 Å². The summed E-state index contributed by atoms with van der Waals surface area (Å²) >= 11 is 0. The highest BCUT2D eigenvalue weighted by Gasteiger charge is 1.92. The minimum Gasteiger partial charge on any atom is -0.385 e. The summed E-state index contributed by atoms with van der Waals surface area (Å²) in [4.78, 5) is 0. The molecule has 2 N–H and O–H groups in total. The molecule has 2 heteroatoms. The standard InChI is InChI=1S/C18H22N2/c1-3-19-17-11-7-15(8-12-17)5-6-16-9-13-18(14-10-16)20-4-2/h5-14,19-20H,3-4H2,1-2H3/b6-5+. The summed E-state index contributed by atoms with van der Waals surface area (Å²) < 4.78 is 0. The Hall–Kier alpha value is -2.22. The topological polar surface area (TPSA) is 24.1 Å². The van der Waals surface area contributed by atoms with E-state index in [4.69, 9.17) is 0 Å². The van der Waals surface area contributed by atoms with Crippen LogP contribution in [0.15, 0.2) is 48.5 Å². The van der Waals surface area contributed by atoms with Gasteiger partial charge in [0, 0.05) is 24.5 Å². The Morgan fingerprint density at radius 1 is 0.650 bits per heavy atom. The third-order valence-electron chi connectivity index (χ3n) is 3.05. The zero-order chi connectivity index (χ0) is 14.2. The van der Waals surface area contributed by atoms with Crippen LogP contribution in [0.4, 0.5) is 11.4 Å². The minimum absolute atomic E-state index is 0.952. The van der Waals surface area contributed by atoms with E-state index in [9.17, 15) is 0 Å². The molecule has 0 fully saturated rings. The van der Waals surface area contributed by atoms with Gasteiger partial charge in [-0.3, -0.25) is 0 Å². The lowest BCUT2D eigenvalue weighted by atomic mass is 10.1. The maximum atomic E-state index is 3.30. The van der Waals surface area contributed by atoms with Gasteiger partial charge in [0.05, 0.1) is 0 Å². The predicted molar refractivity (Wildman–Crippen MR) is 90.1 cm³/mol. The average molecular weight is 266 g/mol. The number of benzene rings is 2. The van der Waals surface area contributed by atoms with E-state index in [1.807, 2.05) is 0 Å². The second-order valence-electron chi connectivity index (χ2n) is 4.64. The van der Waals surface area contributed by atoms with Crippen molar-refractivity contribution in [3.05, 3.63) is 59.7 Å². The van der Waals surface area contributed by atoms with E-state index in [-0.39, 0.29) is 0 Å². The summed E-state index contributed by atoms with van der Waals surface area (Å²) in [6.45, 7) is 6.11. The normalized spacial score (nSPS) is 10.7. The van der Waals surface area contributed by atoms with E-state index in [0.29, 0.717) is 0 Å². The lowest BCUT2D eigenvalue weighted by Gasteiger charge is -2.03. The summed E-state index contributed by atoms with van der Waals surface area (Å²) in [5, 5.41) is 6.59. The van der Waals surface area contributed by atoms with Gasteiger partial charge in [0.15, 0.2) is 0 Å². The van der Waals surface area contributed by atoms with Crippen molar-refractivity contribution in [2.45, 2.75) is 13.8 Å². The van der Waals surface area contributed by atoms with Crippen LogP contribution in [-0.4, -0.2) is 13.1 Å². The Morgan fingerprint density at radius 2 is 1.00 bits per heavy atom. The molecule has 2 nitrogen and oxygen atoms in total. The van der Waals surface area contributed by atoms with Gasteiger partial charge in [-0.05, 0) is 49.2 Å². The second kappa shape index (κ2) is 7.39. The van der Waals surface area contributed by atoms with Crippen LogP contribution in [-0.2, 0) is 0 Å². The Bertz CT molecular complexity index is 487. The number of nitrogens with one attached hydrogen (secondary N) is 2. The van der Waals surface area contributed by atoms with Crippen molar-refractivity contribution in [3.8, 4) is 0 Å². The molecule has 0 saturated heterocycles. The van der Waals surface area contributed by atoms with Crippen LogP contribution in [0.25, 0.3) is 12.2 Å². The number of hydrogen-bond donors (Lipinski definition) is 2. The zero-order valence-corrected chi connectivity index (χ0v) is 12.2. The first-order valence-electron chi connectivity index (χ1n) is 7.17. The van der Waals surface area contributed by atoms with E-state index >= 15 is 0 Å².